The Morgan fingerprint density at radius 1 is 1.38 bits per heavy atom. The van der Waals surface area contributed by atoms with Crippen LogP contribution in [0.15, 0.2) is 24.3 Å². The van der Waals surface area contributed by atoms with Crippen molar-refractivity contribution in [1.29, 1.82) is 0 Å². The van der Waals surface area contributed by atoms with Crippen molar-refractivity contribution in [2.75, 3.05) is 6.54 Å². The first-order valence-electron chi connectivity index (χ1n) is 7.38. The third-order valence-corrected chi connectivity index (χ3v) is 4.24. The summed E-state index contributed by atoms with van der Waals surface area (Å²) >= 11 is 6.23. The van der Waals surface area contributed by atoms with E-state index in [2.05, 4.69) is 5.32 Å². The van der Waals surface area contributed by atoms with E-state index in [1.807, 2.05) is 38.1 Å². The maximum atomic E-state index is 12.7. The van der Waals surface area contributed by atoms with Crippen LogP contribution in [0.4, 0.5) is 0 Å². The van der Waals surface area contributed by atoms with Crippen LogP contribution in [0.1, 0.15) is 44.7 Å². The second-order valence-corrected chi connectivity index (χ2v) is 5.80. The van der Waals surface area contributed by atoms with Crippen molar-refractivity contribution in [2.45, 2.75) is 45.2 Å². The van der Waals surface area contributed by atoms with Crippen molar-refractivity contribution < 1.29 is 9.59 Å². The maximum Gasteiger partial charge on any atom is 0.245 e. The van der Waals surface area contributed by atoms with E-state index in [0.717, 1.165) is 12.0 Å². The van der Waals surface area contributed by atoms with Crippen LogP contribution in [-0.4, -0.2) is 29.3 Å². The number of nitrogens with zero attached hydrogens (tertiary/aromatic N) is 1. The smallest absolute Gasteiger partial charge is 0.245 e. The highest BCUT2D eigenvalue weighted by Crippen LogP contribution is 2.28. The minimum atomic E-state index is -0.421. The molecular formula is C16H21ClN2O2. The normalized spacial score (nSPS) is 20.9. The molecule has 0 aromatic heterocycles. The SMILES string of the molecule is CCCC1NC(=O)CCN(C(C)c2ccccc2Cl)C1=O. The number of carbonyl (C=O) groups excluding carboxylic acids is 2. The highest BCUT2D eigenvalue weighted by Gasteiger charge is 2.32. The van der Waals surface area contributed by atoms with Crippen molar-refractivity contribution in [1.82, 2.24) is 10.2 Å². The van der Waals surface area contributed by atoms with Crippen LogP contribution >= 0.6 is 11.6 Å². The molecule has 2 rings (SSSR count). The highest BCUT2D eigenvalue weighted by atomic mass is 35.5. The number of halogens is 1. The van der Waals surface area contributed by atoms with Crippen molar-refractivity contribution >= 4 is 23.4 Å². The van der Waals surface area contributed by atoms with E-state index in [1.165, 1.54) is 0 Å². The zero-order chi connectivity index (χ0) is 15.4. The number of hydrogen-bond acceptors (Lipinski definition) is 2. The van der Waals surface area contributed by atoms with E-state index in [0.29, 0.717) is 24.4 Å². The molecule has 1 saturated heterocycles. The fraction of sp³-hybridized carbons (Fsp3) is 0.500. The molecule has 1 aliphatic heterocycles. The van der Waals surface area contributed by atoms with Crippen LogP contribution in [0, 0.1) is 0 Å². The number of nitrogens with one attached hydrogen (secondary N) is 1. The molecule has 5 heteroatoms. The highest BCUT2D eigenvalue weighted by molar-refractivity contribution is 6.31. The van der Waals surface area contributed by atoms with Crippen molar-refractivity contribution in [3.8, 4) is 0 Å². The predicted octanol–water partition coefficient (Wildman–Crippen LogP) is 2.92. The molecule has 0 radical (unpaired) electrons. The zero-order valence-corrected chi connectivity index (χ0v) is 13.2. The fourth-order valence-corrected chi connectivity index (χ4v) is 3.00. The van der Waals surface area contributed by atoms with Crippen molar-refractivity contribution in [2.24, 2.45) is 0 Å². The lowest BCUT2D eigenvalue weighted by Gasteiger charge is -2.30. The monoisotopic (exact) mass is 308 g/mol. The molecule has 1 aromatic carbocycles. The summed E-state index contributed by atoms with van der Waals surface area (Å²) < 4.78 is 0. The Balaban J connectivity index is 2.26. The molecule has 1 fully saturated rings. The summed E-state index contributed by atoms with van der Waals surface area (Å²) in [4.78, 5) is 26.2. The minimum absolute atomic E-state index is 0.0184. The largest absolute Gasteiger partial charge is 0.344 e. The van der Waals surface area contributed by atoms with Gasteiger partial charge in [-0.2, -0.15) is 0 Å². The van der Waals surface area contributed by atoms with Gasteiger partial charge in [0.2, 0.25) is 11.8 Å². The van der Waals surface area contributed by atoms with Gasteiger partial charge in [-0.1, -0.05) is 43.1 Å². The molecule has 2 atom stereocenters. The molecule has 0 saturated carbocycles. The molecule has 21 heavy (non-hydrogen) atoms. The topological polar surface area (TPSA) is 49.4 Å². The van der Waals surface area contributed by atoms with E-state index in [-0.39, 0.29) is 17.9 Å². The van der Waals surface area contributed by atoms with Gasteiger partial charge in [0.25, 0.3) is 0 Å². The lowest BCUT2D eigenvalue weighted by molar-refractivity contribution is -0.135. The van der Waals surface area contributed by atoms with Gasteiger partial charge in [-0.25, -0.2) is 0 Å². The Morgan fingerprint density at radius 2 is 2.10 bits per heavy atom. The van der Waals surface area contributed by atoms with Gasteiger partial charge in [0.05, 0.1) is 6.04 Å². The third kappa shape index (κ3) is 3.56. The summed E-state index contributed by atoms with van der Waals surface area (Å²) in [5.74, 6) is -0.0780. The summed E-state index contributed by atoms with van der Waals surface area (Å²) in [7, 11) is 0. The second-order valence-electron chi connectivity index (χ2n) is 5.39. The first-order chi connectivity index (χ1) is 10.0. The molecule has 0 spiro atoms. The Morgan fingerprint density at radius 3 is 2.76 bits per heavy atom. The van der Waals surface area contributed by atoms with E-state index >= 15 is 0 Å². The van der Waals surface area contributed by atoms with Crippen LogP contribution in [-0.2, 0) is 9.59 Å². The van der Waals surface area contributed by atoms with Crippen LogP contribution in [0.5, 0.6) is 0 Å². The molecule has 1 N–H and O–H groups in total. The zero-order valence-electron chi connectivity index (χ0n) is 12.4. The van der Waals surface area contributed by atoms with Gasteiger partial charge in [-0.3, -0.25) is 9.59 Å². The van der Waals surface area contributed by atoms with Crippen LogP contribution in [0.3, 0.4) is 0 Å². The second kappa shape index (κ2) is 6.94. The summed E-state index contributed by atoms with van der Waals surface area (Å²) in [6.07, 6.45) is 1.85. The molecule has 114 valence electrons. The Labute approximate surface area is 130 Å². The molecule has 0 aliphatic carbocycles. The van der Waals surface area contributed by atoms with E-state index in [9.17, 15) is 9.59 Å². The number of amides is 2. The third-order valence-electron chi connectivity index (χ3n) is 3.90. The molecule has 1 aliphatic rings. The van der Waals surface area contributed by atoms with Crippen molar-refractivity contribution in [3.05, 3.63) is 34.9 Å². The summed E-state index contributed by atoms with van der Waals surface area (Å²) in [6.45, 7) is 4.39. The lowest BCUT2D eigenvalue weighted by atomic mass is 10.0. The Hall–Kier alpha value is -1.55. The van der Waals surface area contributed by atoms with Gasteiger partial charge in [0.1, 0.15) is 6.04 Å². The van der Waals surface area contributed by atoms with Gasteiger partial charge in [-0.15, -0.1) is 0 Å². The first kappa shape index (κ1) is 15.8. The number of rotatable bonds is 4. The van der Waals surface area contributed by atoms with Gasteiger partial charge in [0, 0.05) is 18.0 Å². The van der Waals surface area contributed by atoms with Gasteiger partial charge in [0.15, 0.2) is 0 Å². The molecule has 0 bridgehead atoms. The van der Waals surface area contributed by atoms with E-state index in [4.69, 9.17) is 11.6 Å². The number of benzene rings is 1. The summed E-state index contributed by atoms with van der Waals surface area (Å²) in [6, 6.07) is 6.96. The standard InChI is InChI=1S/C16H21ClN2O2/c1-3-6-14-16(21)19(10-9-15(20)18-14)11(2)12-7-4-5-8-13(12)17/h4-5,7-8,11,14H,3,6,9-10H2,1-2H3,(H,18,20). The quantitative estimate of drug-likeness (QED) is 0.929. The van der Waals surface area contributed by atoms with Crippen LogP contribution < -0.4 is 5.32 Å². The van der Waals surface area contributed by atoms with E-state index in [1.54, 1.807) is 4.90 Å². The van der Waals surface area contributed by atoms with Crippen LogP contribution in [0.2, 0.25) is 5.02 Å². The summed E-state index contributed by atoms with van der Waals surface area (Å²) in [5.41, 5.74) is 0.914. The Bertz CT molecular complexity index is 533. The number of hydrogen-bond donors (Lipinski definition) is 1. The van der Waals surface area contributed by atoms with E-state index < -0.39 is 6.04 Å². The first-order valence-corrected chi connectivity index (χ1v) is 7.76. The lowest BCUT2D eigenvalue weighted by Crippen LogP contribution is -2.45. The number of carbonyl (C=O) groups is 2. The van der Waals surface area contributed by atoms with Gasteiger partial charge < -0.3 is 10.2 Å². The molecule has 2 amide bonds. The van der Waals surface area contributed by atoms with Gasteiger partial charge in [-0.05, 0) is 25.0 Å². The summed E-state index contributed by atoms with van der Waals surface area (Å²) in [5, 5.41) is 3.46. The Kier molecular flexibility index (Phi) is 5.23. The molecule has 2 unspecified atom stereocenters. The predicted molar refractivity (Wildman–Crippen MR) is 83.0 cm³/mol. The fourth-order valence-electron chi connectivity index (χ4n) is 2.71. The maximum absolute atomic E-state index is 12.7. The average Bonchev–Trinajstić information content (AvgIpc) is 2.59. The molecule has 1 aromatic rings. The van der Waals surface area contributed by atoms with Crippen molar-refractivity contribution in [3.63, 3.8) is 0 Å². The molecular weight excluding hydrogens is 288 g/mol. The average molecular weight is 309 g/mol. The minimum Gasteiger partial charge on any atom is -0.344 e. The van der Waals surface area contributed by atoms with Gasteiger partial charge >= 0.3 is 0 Å². The molecule has 4 nitrogen and oxygen atoms in total. The molecule has 1 heterocycles. The van der Waals surface area contributed by atoms with Crippen LogP contribution in [0.25, 0.3) is 0 Å².